The van der Waals surface area contributed by atoms with Crippen LogP contribution in [-0.4, -0.2) is 25.1 Å². The summed E-state index contributed by atoms with van der Waals surface area (Å²) in [6.45, 7) is 4.25. The number of benzene rings is 1. The lowest BCUT2D eigenvalue weighted by Gasteiger charge is -2.12. The Labute approximate surface area is 176 Å². The molecule has 0 aliphatic rings. The van der Waals surface area contributed by atoms with Crippen LogP contribution in [0.3, 0.4) is 0 Å². The van der Waals surface area contributed by atoms with Crippen molar-refractivity contribution in [2.24, 2.45) is 0 Å². The molecule has 1 amide bonds. The maximum absolute atomic E-state index is 12.9. The Balaban J connectivity index is 1.46. The van der Waals surface area contributed by atoms with Gasteiger partial charge in [0.2, 0.25) is 11.7 Å². The first kappa shape index (κ1) is 20.2. The van der Waals surface area contributed by atoms with Crippen molar-refractivity contribution in [2.45, 2.75) is 45.7 Å². The summed E-state index contributed by atoms with van der Waals surface area (Å²) >= 11 is 1.41. The molecule has 0 aliphatic carbocycles. The standard InChI is InChI=1S/C21H22FN5O2S/c1-13(2)26-20(29)19-16(10-11-30-19)27-17(24-25-21(26)27)4-3-5-18(28)23-12-14-6-8-15(22)9-7-14/h6-11,13H,3-5,12H2,1-2H3,(H,23,28). The van der Waals surface area contributed by atoms with Gasteiger partial charge in [-0.3, -0.25) is 18.6 Å². The summed E-state index contributed by atoms with van der Waals surface area (Å²) in [7, 11) is 0. The molecule has 7 nitrogen and oxygen atoms in total. The number of fused-ring (bicyclic) bond motifs is 3. The van der Waals surface area contributed by atoms with Gasteiger partial charge in [-0.25, -0.2) is 4.39 Å². The van der Waals surface area contributed by atoms with Gasteiger partial charge in [0.1, 0.15) is 16.3 Å². The van der Waals surface area contributed by atoms with E-state index in [-0.39, 0.29) is 23.3 Å². The van der Waals surface area contributed by atoms with Gasteiger partial charge in [0.15, 0.2) is 0 Å². The minimum Gasteiger partial charge on any atom is -0.352 e. The molecule has 156 valence electrons. The van der Waals surface area contributed by atoms with Crippen LogP contribution in [0.15, 0.2) is 40.5 Å². The predicted octanol–water partition coefficient (Wildman–Crippen LogP) is 3.46. The minimum atomic E-state index is -0.298. The van der Waals surface area contributed by atoms with Crippen LogP contribution in [0, 0.1) is 5.82 Å². The lowest BCUT2D eigenvalue weighted by atomic mass is 10.2. The van der Waals surface area contributed by atoms with E-state index in [1.165, 1.54) is 23.5 Å². The number of aryl methyl sites for hydroxylation is 1. The van der Waals surface area contributed by atoms with Crippen LogP contribution < -0.4 is 10.9 Å². The Morgan fingerprint density at radius 1 is 1.20 bits per heavy atom. The molecule has 0 aliphatic heterocycles. The van der Waals surface area contributed by atoms with Crippen LogP contribution >= 0.6 is 11.3 Å². The fourth-order valence-electron chi connectivity index (χ4n) is 3.47. The van der Waals surface area contributed by atoms with Gasteiger partial charge >= 0.3 is 0 Å². The number of thiophene rings is 1. The van der Waals surface area contributed by atoms with Gasteiger partial charge in [-0.05, 0) is 49.4 Å². The van der Waals surface area contributed by atoms with Gasteiger partial charge in [0, 0.05) is 25.4 Å². The largest absolute Gasteiger partial charge is 0.352 e. The van der Waals surface area contributed by atoms with E-state index >= 15 is 0 Å². The number of halogens is 1. The average Bonchev–Trinajstić information content (AvgIpc) is 3.35. The lowest BCUT2D eigenvalue weighted by Crippen LogP contribution is -2.24. The van der Waals surface area contributed by atoms with Gasteiger partial charge in [0.25, 0.3) is 5.56 Å². The SMILES string of the molecule is CC(C)n1c(=O)c2sccc2n2c(CCCC(=O)NCc3ccc(F)cc3)nnc12. The number of nitrogens with one attached hydrogen (secondary N) is 1. The van der Waals surface area contributed by atoms with Crippen molar-refractivity contribution < 1.29 is 9.18 Å². The summed E-state index contributed by atoms with van der Waals surface area (Å²) in [6, 6.07) is 7.91. The van der Waals surface area contributed by atoms with E-state index in [0.29, 0.717) is 36.3 Å². The zero-order valence-corrected chi connectivity index (χ0v) is 17.6. The van der Waals surface area contributed by atoms with Crippen molar-refractivity contribution in [3.63, 3.8) is 0 Å². The summed E-state index contributed by atoms with van der Waals surface area (Å²) < 4.78 is 17.2. The van der Waals surface area contributed by atoms with Crippen LogP contribution in [0.25, 0.3) is 16.0 Å². The first-order valence-corrected chi connectivity index (χ1v) is 10.7. The zero-order valence-electron chi connectivity index (χ0n) is 16.8. The second-order valence-electron chi connectivity index (χ2n) is 7.41. The third-order valence-electron chi connectivity index (χ3n) is 4.95. The highest BCUT2D eigenvalue weighted by Gasteiger charge is 2.18. The maximum atomic E-state index is 12.9. The van der Waals surface area contributed by atoms with Crippen molar-refractivity contribution in [1.82, 2.24) is 24.5 Å². The van der Waals surface area contributed by atoms with Gasteiger partial charge in [-0.1, -0.05) is 12.1 Å². The fraction of sp³-hybridized carbons (Fsp3) is 0.333. The van der Waals surface area contributed by atoms with Crippen molar-refractivity contribution in [3.8, 4) is 0 Å². The number of rotatable bonds is 7. The monoisotopic (exact) mass is 427 g/mol. The molecule has 0 fully saturated rings. The molecule has 0 spiro atoms. The van der Waals surface area contributed by atoms with Crippen molar-refractivity contribution >= 4 is 33.2 Å². The number of carbonyl (C=O) groups excluding carboxylic acids is 1. The molecule has 30 heavy (non-hydrogen) atoms. The number of hydrogen-bond donors (Lipinski definition) is 1. The van der Waals surface area contributed by atoms with E-state index in [2.05, 4.69) is 15.5 Å². The third-order valence-corrected chi connectivity index (χ3v) is 5.84. The zero-order chi connectivity index (χ0) is 21.3. The Bertz CT molecular complexity index is 1260. The van der Waals surface area contributed by atoms with Crippen LogP contribution in [0.1, 0.15) is 44.1 Å². The molecule has 0 atom stereocenters. The average molecular weight is 428 g/mol. The Morgan fingerprint density at radius 3 is 2.70 bits per heavy atom. The number of aromatic nitrogens is 4. The van der Waals surface area contributed by atoms with Crippen LogP contribution in [-0.2, 0) is 17.8 Å². The molecule has 4 rings (SSSR count). The topological polar surface area (TPSA) is 81.3 Å². The molecule has 1 N–H and O–H groups in total. The number of amides is 1. The van der Waals surface area contributed by atoms with Gasteiger partial charge in [0.05, 0.1) is 5.52 Å². The molecule has 3 heterocycles. The molecule has 0 bridgehead atoms. The van der Waals surface area contributed by atoms with Crippen molar-refractivity contribution in [2.75, 3.05) is 0 Å². The Hall–Kier alpha value is -3.07. The molecule has 1 aromatic carbocycles. The second-order valence-corrected chi connectivity index (χ2v) is 8.33. The number of nitrogens with zero attached hydrogens (tertiary/aromatic N) is 4. The lowest BCUT2D eigenvalue weighted by molar-refractivity contribution is -0.121. The number of carbonyl (C=O) groups is 1. The minimum absolute atomic E-state index is 0.0409. The van der Waals surface area contributed by atoms with E-state index in [1.807, 2.05) is 29.7 Å². The summed E-state index contributed by atoms with van der Waals surface area (Å²) in [5, 5.41) is 13.3. The quantitative estimate of drug-likeness (QED) is 0.490. The van der Waals surface area contributed by atoms with Crippen molar-refractivity contribution in [3.05, 3.63) is 63.3 Å². The van der Waals surface area contributed by atoms with Gasteiger partial charge in [-0.2, -0.15) is 0 Å². The fourth-order valence-corrected chi connectivity index (χ4v) is 4.29. The molecular formula is C21H22FN5O2S. The molecule has 4 aromatic rings. The maximum Gasteiger partial charge on any atom is 0.273 e. The highest BCUT2D eigenvalue weighted by atomic mass is 32.1. The molecular weight excluding hydrogens is 405 g/mol. The molecule has 0 unspecified atom stereocenters. The first-order chi connectivity index (χ1) is 14.5. The van der Waals surface area contributed by atoms with Gasteiger partial charge < -0.3 is 5.32 Å². The van der Waals surface area contributed by atoms with Crippen molar-refractivity contribution in [1.29, 1.82) is 0 Å². The van der Waals surface area contributed by atoms with Gasteiger partial charge in [-0.15, -0.1) is 21.5 Å². The van der Waals surface area contributed by atoms with E-state index in [4.69, 9.17) is 0 Å². The van der Waals surface area contributed by atoms with Crippen LogP contribution in [0.5, 0.6) is 0 Å². The second kappa shape index (κ2) is 8.35. The third kappa shape index (κ3) is 3.85. The normalized spacial score (nSPS) is 11.6. The Morgan fingerprint density at radius 2 is 1.97 bits per heavy atom. The highest BCUT2D eigenvalue weighted by Crippen LogP contribution is 2.22. The summed E-state index contributed by atoms with van der Waals surface area (Å²) in [6.07, 6.45) is 1.50. The predicted molar refractivity (Wildman–Crippen MR) is 114 cm³/mol. The smallest absolute Gasteiger partial charge is 0.273 e. The summed E-state index contributed by atoms with van der Waals surface area (Å²) in [5.41, 5.74) is 1.60. The molecule has 0 saturated heterocycles. The van der Waals surface area contributed by atoms with E-state index in [9.17, 15) is 14.0 Å². The Kier molecular flexibility index (Phi) is 5.63. The summed E-state index contributed by atoms with van der Waals surface area (Å²) in [5.74, 6) is 0.881. The molecule has 9 heteroatoms. The number of hydrogen-bond acceptors (Lipinski definition) is 5. The van der Waals surface area contributed by atoms with E-state index in [1.54, 1.807) is 16.7 Å². The molecule has 3 aromatic heterocycles. The van der Waals surface area contributed by atoms with E-state index < -0.39 is 0 Å². The van der Waals surface area contributed by atoms with Crippen LogP contribution in [0.4, 0.5) is 4.39 Å². The first-order valence-electron chi connectivity index (χ1n) is 9.82. The highest BCUT2D eigenvalue weighted by molar-refractivity contribution is 7.17. The molecule has 0 radical (unpaired) electrons. The molecule has 0 saturated carbocycles. The summed E-state index contributed by atoms with van der Waals surface area (Å²) in [4.78, 5) is 24.9. The van der Waals surface area contributed by atoms with Crippen LogP contribution in [0.2, 0.25) is 0 Å². The van der Waals surface area contributed by atoms with E-state index in [0.717, 1.165) is 16.9 Å².